The third-order valence-electron chi connectivity index (χ3n) is 3.82. The molecule has 3 aromatic rings. The van der Waals surface area contributed by atoms with E-state index < -0.39 is 11.7 Å². The molecule has 0 fully saturated rings. The number of methoxy groups -OCH3 is 1. The van der Waals surface area contributed by atoms with Gasteiger partial charge in [-0.15, -0.1) is 0 Å². The lowest BCUT2D eigenvalue weighted by Crippen LogP contribution is -2.15. The zero-order chi connectivity index (χ0) is 18.7. The van der Waals surface area contributed by atoms with Crippen molar-refractivity contribution in [2.24, 2.45) is 0 Å². The topological polar surface area (TPSA) is 125 Å². The molecule has 0 atom stereocenters. The van der Waals surface area contributed by atoms with Crippen LogP contribution in [0.4, 0.5) is 5.82 Å². The van der Waals surface area contributed by atoms with Crippen LogP contribution in [0, 0.1) is 0 Å². The Morgan fingerprint density at radius 1 is 1.27 bits per heavy atom. The van der Waals surface area contributed by atoms with Crippen LogP contribution in [-0.4, -0.2) is 39.2 Å². The van der Waals surface area contributed by atoms with Crippen LogP contribution in [0.15, 0.2) is 29.1 Å². The summed E-state index contributed by atoms with van der Waals surface area (Å²) >= 11 is 0. The highest BCUT2D eigenvalue weighted by atomic mass is 16.5. The molecule has 2 aromatic heterocycles. The van der Waals surface area contributed by atoms with Crippen molar-refractivity contribution in [3.05, 3.63) is 40.3 Å². The van der Waals surface area contributed by atoms with Gasteiger partial charge in [-0.2, -0.15) is 9.97 Å². The Balaban J connectivity index is 2.06. The number of unbranched alkanes of at least 4 members (excludes halogenated alkanes) is 1. The number of hydrogen-bond donors (Lipinski definition) is 2. The molecular formula is C17H19N5O4. The molecule has 3 N–H and O–H groups in total. The number of hydrogen-bond acceptors (Lipinski definition) is 7. The average molecular weight is 357 g/mol. The highest BCUT2D eigenvalue weighted by Crippen LogP contribution is 2.21. The lowest BCUT2D eigenvalue weighted by Gasteiger charge is -2.07. The number of aromatic amines is 1. The molecule has 136 valence electrons. The van der Waals surface area contributed by atoms with Gasteiger partial charge in [-0.3, -0.25) is 0 Å². The van der Waals surface area contributed by atoms with E-state index in [-0.39, 0.29) is 11.8 Å². The Hall–Kier alpha value is -3.36. The van der Waals surface area contributed by atoms with Crippen molar-refractivity contribution in [2.75, 3.05) is 19.5 Å². The molecule has 0 saturated heterocycles. The van der Waals surface area contributed by atoms with Crippen LogP contribution in [0.5, 0.6) is 6.01 Å². The van der Waals surface area contributed by atoms with Gasteiger partial charge >= 0.3 is 17.7 Å². The molecule has 9 heteroatoms. The van der Waals surface area contributed by atoms with Crippen molar-refractivity contribution < 1.29 is 14.3 Å². The van der Waals surface area contributed by atoms with Crippen molar-refractivity contribution in [3.63, 3.8) is 0 Å². The third kappa shape index (κ3) is 3.23. The summed E-state index contributed by atoms with van der Waals surface area (Å²) in [6.45, 7) is 2.51. The van der Waals surface area contributed by atoms with Crippen LogP contribution in [0.3, 0.4) is 0 Å². The van der Waals surface area contributed by atoms with Gasteiger partial charge in [0.1, 0.15) is 5.52 Å². The van der Waals surface area contributed by atoms with E-state index in [1.165, 1.54) is 11.7 Å². The molecule has 3 rings (SSSR count). The minimum absolute atomic E-state index is 0.113. The van der Waals surface area contributed by atoms with Crippen LogP contribution in [0.2, 0.25) is 0 Å². The van der Waals surface area contributed by atoms with Crippen molar-refractivity contribution in [2.45, 2.75) is 19.8 Å². The van der Waals surface area contributed by atoms with Gasteiger partial charge in [0, 0.05) is 0 Å². The smallest absolute Gasteiger partial charge is 0.337 e. The zero-order valence-corrected chi connectivity index (χ0v) is 14.5. The Morgan fingerprint density at radius 3 is 2.65 bits per heavy atom. The quantitative estimate of drug-likeness (QED) is 0.507. The molecule has 0 amide bonds. The summed E-state index contributed by atoms with van der Waals surface area (Å²) in [5, 5.41) is 0. The first kappa shape index (κ1) is 17.5. The van der Waals surface area contributed by atoms with E-state index in [1.807, 2.05) is 6.92 Å². The largest absolute Gasteiger partial charge is 0.465 e. The molecule has 9 nitrogen and oxygen atoms in total. The van der Waals surface area contributed by atoms with Crippen molar-refractivity contribution >= 4 is 23.0 Å². The summed E-state index contributed by atoms with van der Waals surface area (Å²) in [7, 11) is 1.31. The molecule has 2 heterocycles. The van der Waals surface area contributed by atoms with Gasteiger partial charge in [-0.05, 0) is 30.7 Å². The lowest BCUT2D eigenvalue weighted by atomic mass is 10.2. The number of nitrogens with two attached hydrogens (primary N) is 1. The first-order valence-corrected chi connectivity index (χ1v) is 8.15. The van der Waals surface area contributed by atoms with Crippen LogP contribution in [0.1, 0.15) is 30.1 Å². The van der Waals surface area contributed by atoms with Gasteiger partial charge in [0.2, 0.25) is 0 Å². The number of nitrogen functional groups attached to an aromatic ring is 1. The highest BCUT2D eigenvalue weighted by Gasteiger charge is 2.16. The number of imidazole rings is 1. The fourth-order valence-electron chi connectivity index (χ4n) is 2.46. The number of ether oxygens (including phenoxy) is 2. The first-order chi connectivity index (χ1) is 12.5. The Labute approximate surface area is 148 Å². The van der Waals surface area contributed by atoms with Gasteiger partial charge in [-0.1, -0.05) is 13.3 Å². The second-order valence-corrected chi connectivity index (χ2v) is 5.60. The monoisotopic (exact) mass is 357 g/mol. The van der Waals surface area contributed by atoms with Gasteiger partial charge in [0.25, 0.3) is 0 Å². The number of fused-ring (bicyclic) bond motifs is 1. The number of benzene rings is 1. The maximum absolute atomic E-state index is 12.4. The number of nitrogens with one attached hydrogen (secondary N) is 1. The third-order valence-corrected chi connectivity index (χ3v) is 3.82. The normalized spacial score (nSPS) is 10.8. The maximum Gasteiger partial charge on any atom is 0.337 e. The minimum atomic E-state index is -0.457. The Kier molecular flexibility index (Phi) is 4.87. The SMILES string of the molecule is CCCCOc1nc(N)c2[nH]c(=O)n(-c3ccc(C(=O)OC)cc3)c2n1. The first-order valence-electron chi connectivity index (χ1n) is 8.15. The second kappa shape index (κ2) is 7.26. The molecule has 0 bridgehead atoms. The van der Waals surface area contributed by atoms with Crippen molar-refractivity contribution in [3.8, 4) is 11.7 Å². The summed E-state index contributed by atoms with van der Waals surface area (Å²) in [5.74, 6) is -0.329. The van der Waals surface area contributed by atoms with E-state index in [9.17, 15) is 9.59 Å². The summed E-state index contributed by atoms with van der Waals surface area (Å²) in [4.78, 5) is 35.0. The molecular weight excluding hydrogens is 338 g/mol. The Morgan fingerprint density at radius 2 is 2.00 bits per heavy atom. The predicted octanol–water partition coefficient (Wildman–Crippen LogP) is 1.66. The van der Waals surface area contributed by atoms with E-state index in [0.29, 0.717) is 29.0 Å². The standard InChI is InChI=1S/C17H19N5O4/c1-3-4-9-26-16-20-13(18)12-14(21-16)22(17(24)19-12)11-7-5-10(6-8-11)15(23)25-2/h5-8H,3-4,9H2,1-2H3,(H,19,24)(H2,18,20,21). The maximum atomic E-state index is 12.4. The second-order valence-electron chi connectivity index (χ2n) is 5.60. The van der Waals surface area contributed by atoms with Crippen LogP contribution in [0.25, 0.3) is 16.9 Å². The van der Waals surface area contributed by atoms with Gasteiger partial charge in [-0.25, -0.2) is 14.2 Å². The summed E-state index contributed by atoms with van der Waals surface area (Å²) in [5.41, 5.74) is 7.04. The molecule has 0 saturated carbocycles. The molecule has 0 radical (unpaired) electrons. The molecule has 0 aliphatic carbocycles. The van der Waals surface area contributed by atoms with Crippen LogP contribution >= 0.6 is 0 Å². The van der Waals surface area contributed by atoms with E-state index >= 15 is 0 Å². The van der Waals surface area contributed by atoms with Gasteiger partial charge in [0.15, 0.2) is 11.5 Å². The van der Waals surface area contributed by atoms with Crippen LogP contribution < -0.4 is 16.2 Å². The molecule has 0 aliphatic rings. The average Bonchev–Trinajstić information content (AvgIpc) is 2.98. The van der Waals surface area contributed by atoms with Crippen molar-refractivity contribution in [1.29, 1.82) is 0 Å². The number of aromatic nitrogens is 4. The van der Waals surface area contributed by atoms with E-state index in [0.717, 1.165) is 12.8 Å². The number of anilines is 1. The molecule has 0 unspecified atom stereocenters. The molecule has 0 spiro atoms. The summed E-state index contributed by atoms with van der Waals surface area (Å²) < 4.78 is 11.5. The Bertz CT molecular complexity index is 991. The summed E-state index contributed by atoms with van der Waals surface area (Å²) in [6, 6.07) is 6.49. The number of carbonyl (C=O) groups is 1. The number of nitrogens with zero attached hydrogens (tertiary/aromatic N) is 3. The molecule has 26 heavy (non-hydrogen) atoms. The van der Waals surface area contributed by atoms with E-state index in [4.69, 9.17) is 10.5 Å². The van der Waals surface area contributed by atoms with E-state index in [1.54, 1.807) is 24.3 Å². The number of carbonyl (C=O) groups excluding carboxylic acids is 1. The number of H-pyrrole nitrogens is 1. The zero-order valence-electron chi connectivity index (χ0n) is 14.5. The summed E-state index contributed by atoms with van der Waals surface area (Å²) in [6.07, 6.45) is 1.83. The molecule has 1 aromatic carbocycles. The number of esters is 1. The molecule has 0 aliphatic heterocycles. The highest BCUT2D eigenvalue weighted by molar-refractivity contribution is 5.89. The van der Waals surface area contributed by atoms with Gasteiger partial charge < -0.3 is 20.2 Å². The van der Waals surface area contributed by atoms with Gasteiger partial charge in [0.05, 0.1) is 25.0 Å². The van der Waals surface area contributed by atoms with E-state index in [2.05, 4.69) is 19.7 Å². The lowest BCUT2D eigenvalue weighted by molar-refractivity contribution is 0.0600. The fraction of sp³-hybridized carbons (Fsp3) is 0.294. The van der Waals surface area contributed by atoms with Crippen LogP contribution in [-0.2, 0) is 4.74 Å². The van der Waals surface area contributed by atoms with Crippen molar-refractivity contribution in [1.82, 2.24) is 19.5 Å². The number of rotatable bonds is 6. The fourth-order valence-corrected chi connectivity index (χ4v) is 2.46. The minimum Gasteiger partial charge on any atom is -0.465 e. The predicted molar refractivity (Wildman–Crippen MR) is 95.6 cm³/mol.